The molecular weight excluding hydrogens is 749 g/mol. The van der Waals surface area contributed by atoms with Crippen LogP contribution in [0, 0.1) is 38.5 Å². The Hall–Kier alpha value is -3.48. The molecular formula is C34H26Cl2FIN2O6. The number of phenols is 1. The number of nitrogens with zero attached hydrogens (tertiary/aromatic N) is 2. The summed E-state index contributed by atoms with van der Waals surface area (Å²) < 4.78 is 20.5. The number of hydrogen-bond acceptors (Lipinski definition) is 6. The molecule has 46 heavy (non-hydrogen) atoms. The van der Waals surface area contributed by atoms with Gasteiger partial charge in [0.2, 0.25) is 23.6 Å². The third kappa shape index (κ3) is 4.36. The van der Waals surface area contributed by atoms with Gasteiger partial charge in [-0.05, 0) is 108 Å². The Labute approximate surface area is 287 Å². The van der Waals surface area contributed by atoms with Gasteiger partial charge in [-0.1, -0.05) is 34.9 Å². The van der Waals surface area contributed by atoms with Crippen LogP contribution in [0.25, 0.3) is 0 Å². The second-order valence-corrected chi connectivity index (χ2v) is 14.4. The molecule has 7 rings (SSSR count). The van der Waals surface area contributed by atoms with E-state index >= 15 is 0 Å². The lowest BCUT2D eigenvalue weighted by atomic mass is 9.51. The fraction of sp³-hybridized carbons (Fsp3) is 0.294. The Morgan fingerprint density at radius 3 is 2.28 bits per heavy atom. The lowest BCUT2D eigenvalue weighted by Gasteiger charge is -2.49. The van der Waals surface area contributed by atoms with Crippen LogP contribution in [-0.4, -0.2) is 35.8 Å². The molecule has 0 spiro atoms. The molecule has 2 aliphatic carbocycles. The van der Waals surface area contributed by atoms with Crippen molar-refractivity contribution in [2.45, 2.75) is 25.7 Å². The number of allylic oxidation sites excluding steroid dienone is 2. The smallest absolute Gasteiger partial charge is 0.241 e. The van der Waals surface area contributed by atoms with Crippen LogP contribution < -0.4 is 14.5 Å². The summed E-state index contributed by atoms with van der Waals surface area (Å²) in [5.74, 6) is -6.22. The molecule has 0 bridgehead atoms. The molecule has 0 radical (unpaired) electrons. The second-order valence-electron chi connectivity index (χ2n) is 12.3. The van der Waals surface area contributed by atoms with Crippen LogP contribution in [0.5, 0.6) is 11.5 Å². The van der Waals surface area contributed by atoms with E-state index in [0.29, 0.717) is 11.3 Å². The highest BCUT2D eigenvalue weighted by Gasteiger charge is 2.67. The molecule has 6 atom stereocenters. The first-order valence-electron chi connectivity index (χ1n) is 14.6. The monoisotopic (exact) mass is 774 g/mol. The zero-order chi connectivity index (χ0) is 32.8. The van der Waals surface area contributed by atoms with Crippen molar-refractivity contribution >= 4 is 80.8 Å². The number of hydrogen-bond donors (Lipinski definition) is 1. The average Bonchev–Trinajstić information content (AvgIpc) is 3.40. The van der Waals surface area contributed by atoms with E-state index in [1.165, 1.54) is 30.2 Å². The van der Waals surface area contributed by atoms with Gasteiger partial charge >= 0.3 is 0 Å². The van der Waals surface area contributed by atoms with E-state index in [2.05, 4.69) is 22.6 Å². The number of halogens is 4. The number of amides is 4. The van der Waals surface area contributed by atoms with Crippen molar-refractivity contribution in [1.29, 1.82) is 0 Å². The highest BCUT2D eigenvalue weighted by atomic mass is 127. The first-order valence-corrected chi connectivity index (χ1v) is 16.4. The molecule has 1 N–H and O–H groups in total. The number of phenolic OH excluding ortho intramolecular Hbond substituents is 1. The summed E-state index contributed by atoms with van der Waals surface area (Å²) in [5.41, 5.74) is 0.483. The van der Waals surface area contributed by atoms with Crippen LogP contribution in [-0.2, 0) is 19.2 Å². The Morgan fingerprint density at radius 1 is 0.913 bits per heavy atom. The minimum absolute atomic E-state index is 0.0122. The maximum Gasteiger partial charge on any atom is 0.241 e. The molecule has 4 amide bonds. The lowest BCUT2D eigenvalue weighted by molar-refractivity contribution is -0.131. The molecule has 236 valence electrons. The number of fused-ring (bicyclic) bond motifs is 4. The van der Waals surface area contributed by atoms with Crippen molar-refractivity contribution in [3.05, 3.63) is 91.2 Å². The van der Waals surface area contributed by atoms with Crippen molar-refractivity contribution in [3.8, 4) is 11.5 Å². The number of carbonyl (C=O) groups is 4. The molecule has 3 aromatic carbocycles. The van der Waals surface area contributed by atoms with E-state index in [-0.39, 0.29) is 51.9 Å². The summed E-state index contributed by atoms with van der Waals surface area (Å²) in [6.07, 6.45) is 2.32. The number of methoxy groups -OCH3 is 1. The zero-order valence-electron chi connectivity index (χ0n) is 24.5. The van der Waals surface area contributed by atoms with Gasteiger partial charge in [0.15, 0.2) is 11.5 Å². The number of carbonyl (C=O) groups excluding carboxylic acids is 4. The molecule has 2 heterocycles. The van der Waals surface area contributed by atoms with Gasteiger partial charge in [-0.3, -0.25) is 24.1 Å². The highest BCUT2D eigenvalue weighted by molar-refractivity contribution is 14.1. The number of rotatable bonds is 4. The molecule has 3 aromatic rings. The average molecular weight is 775 g/mol. The molecule has 3 fully saturated rings. The van der Waals surface area contributed by atoms with Crippen LogP contribution in [0.2, 0.25) is 10.0 Å². The van der Waals surface area contributed by atoms with Gasteiger partial charge in [0.25, 0.3) is 0 Å². The largest absolute Gasteiger partial charge is 0.503 e. The predicted octanol–water partition coefficient (Wildman–Crippen LogP) is 6.89. The fourth-order valence-electron chi connectivity index (χ4n) is 8.03. The van der Waals surface area contributed by atoms with Crippen molar-refractivity contribution in [3.63, 3.8) is 0 Å². The highest BCUT2D eigenvalue weighted by Crippen LogP contribution is 2.64. The number of benzene rings is 3. The third-order valence-corrected chi connectivity index (χ3v) is 11.4. The van der Waals surface area contributed by atoms with Crippen LogP contribution in [0.1, 0.15) is 31.2 Å². The molecule has 12 heteroatoms. The van der Waals surface area contributed by atoms with E-state index in [1.54, 1.807) is 25.1 Å². The number of anilines is 2. The van der Waals surface area contributed by atoms with Gasteiger partial charge in [0.05, 0.1) is 51.7 Å². The molecule has 4 aliphatic rings. The van der Waals surface area contributed by atoms with Crippen LogP contribution in [0.15, 0.2) is 66.2 Å². The number of ether oxygens (including phenoxy) is 1. The topological polar surface area (TPSA) is 104 Å². The first-order chi connectivity index (χ1) is 21.9. The van der Waals surface area contributed by atoms with Crippen LogP contribution in [0.3, 0.4) is 0 Å². The minimum atomic E-state index is -1.38. The van der Waals surface area contributed by atoms with Gasteiger partial charge in [0.1, 0.15) is 5.82 Å². The maximum atomic E-state index is 14.5. The Bertz CT molecular complexity index is 1900. The van der Waals surface area contributed by atoms with E-state index in [9.17, 15) is 28.7 Å². The SMILES string of the molecule is COc1cc([C@H]2C3=CC[C@@H]4C(=O)N(c5ccc(I)cc5)C(=O)[C@@H]4[C@@H]3C[C@H]3C(=O)N(c4ccc(F)c(Cl)c4)C(=O)[C@@]23C)cc(Cl)c1O. The third-order valence-electron chi connectivity index (χ3n) is 10.1. The summed E-state index contributed by atoms with van der Waals surface area (Å²) in [6, 6.07) is 13.9. The van der Waals surface area contributed by atoms with Gasteiger partial charge in [-0.25, -0.2) is 9.29 Å². The summed E-state index contributed by atoms with van der Waals surface area (Å²) in [6.45, 7) is 1.71. The molecule has 2 saturated heterocycles. The maximum absolute atomic E-state index is 14.5. The molecule has 0 unspecified atom stereocenters. The lowest BCUT2D eigenvalue weighted by Crippen LogP contribution is -2.48. The zero-order valence-corrected chi connectivity index (χ0v) is 28.1. The van der Waals surface area contributed by atoms with E-state index in [0.717, 1.165) is 20.1 Å². The Kier molecular flexibility index (Phi) is 7.48. The molecule has 8 nitrogen and oxygen atoms in total. The van der Waals surface area contributed by atoms with Crippen molar-refractivity contribution < 1.29 is 33.4 Å². The van der Waals surface area contributed by atoms with Gasteiger partial charge in [-0.2, -0.15) is 0 Å². The van der Waals surface area contributed by atoms with E-state index in [4.69, 9.17) is 27.9 Å². The Morgan fingerprint density at radius 2 is 1.61 bits per heavy atom. The van der Waals surface area contributed by atoms with Crippen molar-refractivity contribution in [2.24, 2.45) is 29.1 Å². The summed E-state index contributed by atoms with van der Waals surface area (Å²) in [4.78, 5) is 59.1. The van der Waals surface area contributed by atoms with Gasteiger partial charge in [-0.15, -0.1) is 0 Å². The fourth-order valence-corrected chi connectivity index (χ4v) is 8.78. The van der Waals surface area contributed by atoms with Gasteiger partial charge < -0.3 is 9.84 Å². The quantitative estimate of drug-likeness (QED) is 0.176. The summed E-state index contributed by atoms with van der Waals surface area (Å²) in [7, 11) is 1.38. The van der Waals surface area contributed by atoms with E-state index < -0.39 is 52.6 Å². The van der Waals surface area contributed by atoms with E-state index in [1.807, 2.05) is 18.2 Å². The second kappa shape index (κ2) is 11.1. The van der Waals surface area contributed by atoms with Crippen LogP contribution >= 0.6 is 45.8 Å². The predicted molar refractivity (Wildman–Crippen MR) is 177 cm³/mol. The molecule has 0 aromatic heterocycles. The minimum Gasteiger partial charge on any atom is -0.503 e. The molecule has 1 saturated carbocycles. The Balaban J connectivity index is 1.39. The summed E-state index contributed by atoms with van der Waals surface area (Å²) >= 11 is 14.7. The van der Waals surface area contributed by atoms with Crippen LogP contribution in [0.4, 0.5) is 15.8 Å². The normalized spacial score (nSPS) is 28.7. The number of aromatic hydroxyl groups is 1. The first kappa shape index (κ1) is 31.1. The summed E-state index contributed by atoms with van der Waals surface area (Å²) in [5, 5.41) is 10.3. The number of imide groups is 2. The van der Waals surface area contributed by atoms with Crippen molar-refractivity contribution in [1.82, 2.24) is 0 Å². The standard InChI is InChI=1S/C34H26Cl2FIN2O6/c1-34-22(31(43)40(33(34)45)18-7-10-25(37)23(35)13-18)14-21-19(28(34)15-11-24(36)29(41)26(12-15)46-2)8-9-20-27(21)32(44)39(30(20)42)17-5-3-16(38)4-6-17/h3-8,10-13,20-22,27-28,41H,9,14H2,1-2H3/t20-,21+,22-,27-,28-,34+/m0/s1. The van der Waals surface area contributed by atoms with Gasteiger partial charge in [0, 0.05) is 9.49 Å². The van der Waals surface area contributed by atoms with Crippen molar-refractivity contribution in [2.75, 3.05) is 16.9 Å². The molecule has 2 aliphatic heterocycles.